The van der Waals surface area contributed by atoms with Crippen LogP contribution in [0.25, 0.3) is 6.08 Å². The molecule has 10 heteroatoms. The van der Waals surface area contributed by atoms with E-state index in [4.69, 9.17) is 9.90 Å². The monoisotopic (exact) mass is 619 g/mol. The molecular weight excluding hydrogens is 569 g/mol. The third-order valence-electron chi connectivity index (χ3n) is 6.64. The van der Waals surface area contributed by atoms with Crippen molar-refractivity contribution in [2.45, 2.75) is 98.8 Å². The molecule has 1 aliphatic rings. The first kappa shape index (κ1) is 42.2. The van der Waals surface area contributed by atoms with Crippen LogP contribution < -0.4 is 0 Å². The van der Waals surface area contributed by atoms with Crippen LogP contribution in [-0.2, 0) is 17.4 Å². The Labute approximate surface area is 254 Å². The summed E-state index contributed by atoms with van der Waals surface area (Å²) >= 11 is 0. The normalized spacial score (nSPS) is 16.0. The standard InChI is InChI=1S/C26H30F3NO.C3H6F2.C3H8O.CH2O.H2O.H2/c1-5-18-7-6-8-20(12-18)15-25(3,4)21-13-19(14-21)9-10-23(31)24-17(2)11-22(16-30-24)26(27,28)29;1-3(2,4)5;1-3(2)4;1-2;;/h5-8,11-12,16,19,21H,1,9-10,13-15H2,2-4H3;1-2H3;3-4H,1-2H3;1H2;1H2;1H. The van der Waals surface area contributed by atoms with Crippen LogP contribution in [0.5, 0.6) is 0 Å². The number of halogens is 5. The fraction of sp³-hybridized carbons (Fsp3) is 0.545. The SMILES string of the molecule is C=Cc1cccc(CC(C)(C)C2CC(CCC(=O)c3ncc(C(F)(F)F)cc3C)C2)c1.C=O.CC(C)(F)F.CC(C)O.O.[HH]. The molecule has 0 amide bonds. The number of aliphatic hydroxyl groups excluding tert-OH is 1. The molecule has 1 saturated carbocycles. The second kappa shape index (κ2) is 18.6. The van der Waals surface area contributed by atoms with Gasteiger partial charge in [0.15, 0.2) is 5.78 Å². The predicted molar refractivity (Wildman–Crippen MR) is 164 cm³/mol. The number of hydrogen-bond acceptors (Lipinski definition) is 4. The molecule has 1 aromatic heterocycles. The van der Waals surface area contributed by atoms with Gasteiger partial charge in [-0.05, 0) is 100 Å². The van der Waals surface area contributed by atoms with E-state index in [9.17, 15) is 26.7 Å². The van der Waals surface area contributed by atoms with Gasteiger partial charge in [-0.15, -0.1) is 0 Å². The molecule has 0 atom stereocenters. The van der Waals surface area contributed by atoms with Gasteiger partial charge >= 0.3 is 6.18 Å². The Morgan fingerprint density at radius 3 is 2.05 bits per heavy atom. The Hall–Kier alpha value is -2.98. The molecule has 2 aromatic rings. The second-order valence-electron chi connectivity index (χ2n) is 11.9. The molecule has 43 heavy (non-hydrogen) atoms. The van der Waals surface area contributed by atoms with Crippen LogP contribution in [-0.4, -0.2) is 40.2 Å². The molecule has 1 heterocycles. The molecule has 1 fully saturated rings. The van der Waals surface area contributed by atoms with E-state index < -0.39 is 17.7 Å². The van der Waals surface area contributed by atoms with Crippen LogP contribution in [0.4, 0.5) is 22.0 Å². The zero-order valence-electron chi connectivity index (χ0n) is 26.3. The highest BCUT2D eigenvalue weighted by atomic mass is 19.4. The third-order valence-corrected chi connectivity index (χ3v) is 6.64. The zero-order chi connectivity index (χ0) is 32.9. The minimum atomic E-state index is -4.44. The van der Waals surface area contributed by atoms with Crippen molar-refractivity contribution in [3.05, 3.63) is 71.1 Å². The zero-order valence-corrected chi connectivity index (χ0v) is 26.3. The van der Waals surface area contributed by atoms with Crippen LogP contribution in [0.3, 0.4) is 0 Å². The van der Waals surface area contributed by atoms with Crippen molar-refractivity contribution in [3.8, 4) is 0 Å². The lowest BCUT2D eigenvalue weighted by atomic mass is 9.59. The molecule has 0 radical (unpaired) electrons. The average Bonchev–Trinajstić information content (AvgIpc) is 2.81. The number of Topliss-reactive ketones (excluding diaryl/α,β-unsaturated/α-hetero) is 1. The summed E-state index contributed by atoms with van der Waals surface area (Å²) in [6, 6.07) is 9.46. The first-order valence-corrected chi connectivity index (χ1v) is 13.9. The van der Waals surface area contributed by atoms with Crippen molar-refractivity contribution in [2.75, 3.05) is 0 Å². The predicted octanol–water partition coefficient (Wildman–Crippen LogP) is 8.59. The Kier molecular flexibility index (Phi) is 18.3. The first-order chi connectivity index (χ1) is 19.2. The third kappa shape index (κ3) is 17.0. The van der Waals surface area contributed by atoms with E-state index >= 15 is 0 Å². The lowest BCUT2D eigenvalue weighted by Gasteiger charge is -2.46. The van der Waals surface area contributed by atoms with Crippen molar-refractivity contribution in [1.82, 2.24) is 4.98 Å². The van der Waals surface area contributed by atoms with Gasteiger partial charge in [0, 0.05) is 20.1 Å². The Morgan fingerprint density at radius 1 is 1.09 bits per heavy atom. The number of ketones is 1. The van der Waals surface area contributed by atoms with Crippen molar-refractivity contribution in [2.24, 2.45) is 17.3 Å². The molecule has 5 nitrogen and oxygen atoms in total. The number of hydrogen-bond donors (Lipinski definition) is 1. The van der Waals surface area contributed by atoms with E-state index in [1.54, 1.807) is 13.8 Å². The van der Waals surface area contributed by atoms with Crippen LogP contribution >= 0.6 is 0 Å². The molecule has 0 unspecified atom stereocenters. The topological polar surface area (TPSA) is 98.8 Å². The van der Waals surface area contributed by atoms with Gasteiger partial charge in [0.1, 0.15) is 12.5 Å². The smallest absolute Gasteiger partial charge is 0.412 e. The van der Waals surface area contributed by atoms with Crippen molar-refractivity contribution in [3.63, 3.8) is 0 Å². The van der Waals surface area contributed by atoms with Gasteiger partial charge in [-0.1, -0.05) is 50.8 Å². The van der Waals surface area contributed by atoms with Gasteiger partial charge < -0.3 is 15.4 Å². The Morgan fingerprint density at radius 2 is 1.60 bits per heavy atom. The number of aryl methyl sites for hydroxylation is 1. The van der Waals surface area contributed by atoms with E-state index in [0.29, 0.717) is 18.3 Å². The maximum absolute atomic E-state index is 12.8. The van der Waals surface area contributed by atoms with Crippen LogP contribution in [0, 0.1) is 24.2 Å². The number of alkyl halides is 5. The van der Waals surface area contributed by atoms with Crippen LogP contribution in [0.1, 0.15) is 101 Å². The molecule has 0 saturated heterocycles. The molecular formula is C33H50F5NO4. The lowest BCUT2D eigenvalue weighted by Crippen LogP contribution is -2.37. The highest BCUT2D eigenvalue weighted by molar-refractivity contribution is 5.95. The summed E-state index contributed by atoms with van der Waals surface area (Å²) in [5.74, 6) is -1.58. The molecule has 1 aromatic carbocycles. The molecule has 0 spiro atoms. The number of aromatic nitrogens is 1. The largest absolute Gasteiger partial charge is 0.417 e. The Bertz CT molecular complexity index is 1120. The van der Waals surface area contributed by atoms with Crippen molar-refractivity contribution < 1.29 is 43.6 Å². The van der Waals surface area contributed by atoms with E-state index in [1.165, 1.54) is 12.5 Å². The van der Waals surface area contributed by atoms with Gasteiger partial charge in [-0.25, -0.2) is 8.78 Å². The average molecular weight is 620 g/mol. The Balaban J connectivity index is -0.00000112. The number of benzene rings is 1. The van der Waals surface area contributed by atoms with Crippen LogP contribution in [0.2, 0.25) is 0 Å². The lowest BCUT2D eigenvalue weighted by molar-refractivity contribution is -0.137. The number of rotatable bonds is 8. The van der Waals surface area contributed by atoms with Gasteiger partial charge in [0.05, 0.1) is 5.56 Å². The summed E-state index contributed by atoms with van der Waals surface area (Å²) in [4.78, 5) is 24.3. The molecule has 0 aliphatic heterocycles. The summed E-state index contributed by atoms with van der Waals surface area (Å²) in [6.07, 6.45) is 2.27. The second-order valence-corrected chi connectivity index (χ2v) is 11.9. The maximum Gasteiger partial charge on any atom is 0.417 e. The van der Waals surface area contributed by atoms with Gasteiger partial charge in [-0.2, -0.15) is 13.2 Å². The van der Waals surface area contributed by atoms with Gasteiger partial charge in [0.2, 0.25) is 5.92 Å². The van der Waals surface area contributed by atoms with E-state index in [0.717, 1.165) is 57.4 Å². The maximum atomic E-state index is 12.8. The fourth-order valence-electron chi connectivity index (χ4n) is 4.59. The van der Waals surface area contributed by atoms with Gasteiger partial charge in [-0.3, -0.25) is 9.78 Å². The number of carbonyl (C=O) groups excluding carboxylic acids is 2. The molecule has 3 N–H and O–H groups in total. The van der Waals surface area contributed by atoms with E-state index in [-0.39, 0.29) is 35.5 Å². The quantitative estimate of drug-likeness (QED) is 0.236. The number of aliphatic hydroxyl groups is 1. The number of pyridine rings is 1. The highest BCUT2D eigenvalue weighted by Crippen LogP contribution is 2.48. The van der Waals surface area contributed by atoms with Crippen molar-refractivity contribution >= 4 is 18.6 Å². The van der Waals surface area contributed by atoms with E-state index in [2.05, 4.69) is 43.6 Å². The summed E-state index contributed by atoms with van der Waals surface area (Å²) in [7, 11) is 0. The first-order valence-electron chi connectivity index (χ1n) is 13.9. The number of nitrogens with zero attached hydrogens (tertiary/aromatic N) is 1. The summed E-state index contributed by atoms with van der Waals surface area (Å²) in [5.41, 5.74) is 2.24. The van der Waals surface area contributed by atoms with Gasteiger partial charge in [0.25, 0.3) is 0 Å². The minimum absolute atomic E-state index is 0. The molecule has 3 rings (SSSR count). The summed E-state index contributed by atoms with van der Waals surface area (Å²) < 4.78 is 60.4. The summed E-state index contributed by atoms with van der Waals surface area (Å²) in [6.45, 7) is 17.1. The molecule has 0 bridgehead atoms. The molecule has 1 aliphatic carbocycles. The fourth-order valence-corrected chi connectivity index (χ4v) is 4.59. The minimum Gasteiger partial charge on any atom is -0.412 e. The highest BCUT2D eigenvalue weighted by Gasteiger charge is 2.40. The van der Waals surface area contributed by atoms with Crippen LogP contribution in [0.15, 0.2) is 43.1 Å². The molecule has 246 valence electrons. The number of carbonyl (C=O) groups is 2. The van der Waals surface area contributed by atoms with Crippen molar-refractivity contribution in [1.29, 1.82) is 0 Å². The van der Waals surface area contributed by atoms with E-state index in [1.807, 2.05) is 18.9 Å². The summed E-state index contributed by atoms with van der Waals surface area (Å²) in [5, 5.41) is 8.06.